The Morgan fingerprint density at radius 2 is 1.04 bits per heavy atom. The van der Waals surface area contributed by atoms with E-state index in [1.165, 1.54) is 96.3 Å². The van der Waals surface area contributed by atoms with Gasteiger partial charge < -0.3 is 0 Å². The molecule has 0 spiro atoms. The van der Waals surface area contributed by atoms with Gasteiger partial charge in [0, 0.05) is 0 Å². The Hall–Kier alpha value is 0. The van der Waals surface area contributed by atoms with Crippen LogP contribution in [0.2, 0.25) is 0 Å². The minimum Gasteiger partial charge on any atom is -0.0654 e. The fourth-order valence-corrected chi connectivity index (χ4v) is 4.43. The lowest BCUT2D eigenvalue weighted by Gasteiger charge is -2.31. The molecule has 0 aliphatic heterocycles. The fourth-order valence-electron chi connectivity index (χ4n) is 4.43. The monoisotopic (exact) mass is 324 g/mol. The number of hydrogen-bond acceptors (Lipinski definition) is 0. The van der Waals surface area contributed by atoms with E-state index >= 15 is 0 Å². The van der Waals surface area contributed by atoms with Gasteiger partial charge in [-0.15, -0.1) is 0 Å². The Morgan fingerprint density at radius 1 is 0.522 bits per heavy atom. The largest absolute Gasteiger partial charge is 0.0654 e. The van der Waals surface area contributed by atoms with Crippen molar-refractivity contribution in [2.45, 2.75) is 131 Å². The van der Waals surface area contributed by atoms with Crippen molar-refractivity contribution >= 4 is 0 Å². The Balaban J connectivity index is 3.88. The molecule has 0 saturated heterocycles. The van der Waals surface area contributed by atoms with Gasteiger partial charge in [0.25, 0.3) is 0 Å². The number of hydrogen-bond donors (Lipinski definition) is 0. The van der Waals surface area contributed by atoms with Crippen molar-refractivity contribution in [2.24, 2.45) is 17.8 Å². The van der Waals surface area contributed by atoms with Crippen molar-refractivity contribution in [3.05, 3.63) is 0 Å². The third kappa shape index (κ3) is 12.1. The van der Waals surface area contributed by atoms with Crippen LogP contribution in [0.15, 0.2) is 0 Å². The standard InChI is InChI=1S/C23H48/c1-6-10-11-12-13-14-15-16-17-20-22(9-4)23(19-8-3)21(5)18-7-2/h21-23H,6-20H2,1-5H3. The average Bonchev–Trinajstić information content (AvgIpc) is 2.55. The molecule has 0 bridgehead atoms. The summed E-state index contributed by atoms with van der Waals surface area (Å²) >= 11 is 0. The molecule has 23 heavy (non-hydrogen) atoms. The van der Waals surface area contributed by atoms with Crippen molar-refractivity contribution in [1.82, 2.24) is 0 Å². The molecule has 0 amide bonds. The van der Waals surface area contributed by atoms with E-state index in [1.807, 2.05) is 0 Å². The maximum Gasteiger partial charge on any atom is -0.0360 e. The van der Waals surface area contributed by atoms with Crippen LogP contribution in [-0.4, -0.2) is 0 Å². The zero-order valence-corrected chi connectivity index (χ0v) is 17.3. The molecule has 0 heteroatoms. The van der Waals surface area contributed by atoms with E-state index in [-0.39, 0.29) is 0 Å². The highest BCUT2D eigenvalue weighted by atomic mass is 14.3. The van der Waals surface area contributed by atoms with E-state index in [1.54, 1.807) is 0 Å². The van der Waals surface area contributed by atoms with Crippen LogP contribution in [0.3, 0.4) is 0 Å². The van der Waals surface area contributed by atoms with Crippen LogP contribution in [0.4, 0.5) is 0 Å². The van der Waals surface area contributed by atoms with Crippen molar-refractivity contribution in [3.63, 3.8) is 0 Å². The molecule has 0 aromatic heterocycles. The van der Waals surface area contributed by atoms with E-state index in [4.69, 9.17) is 0 Å². The molecule has 0 N–H and O–H groups in total. The molecule has 0 heterocycles. The van der Waals surface area contributed by atoms with E-state index in [9.17, 15) is 0 Å². The molecule has 3 unspecified atom stereocenters. The highest BCUT2D eigenvalue weighted by molar-refractivity contribution is 4.74. The highest BCUT2D eigenvalue weighted by Gasteiger charge is 2.23. The molecule has 140 valence electrons. The smallest absolute Gasteiger partial charge is 0.0360 e. The molecule has 0 radical (unpaired) electrons. The van der Waals surface area contributed by atoms with Gasteiger partial charge in [-0.25, -0.2) is 0 Å². The van der Waals surface area contributed by atoms with Gasteiger partial charge in [-0.3, -0.25) is 0 Å². The molecule has 0 aromatic carbocycles. The van der Waals surface area contributed by atoms with E-state index in [0.29, 0.717) is 0 Å². The topological polar surface area (TPSA) is 0 Å². The summed E-state index contributed by atoms with van der Waals surface area (Å²) in [6.07, 6.45) is 21.6. The lowest BCUT2D eigenvalue weighted by atomic mass is 9.74. The van der Waals surface area contributed by atoms with Gasteiger partial charge in [-0.2, -0.15) is 0 Å². The van der Waals surface area contributed by atoms with Crippen LogP contribution >= 0.6 is 0 Å². The zero-order chi connectivity index (χ0) is 17.3. The number of unbranched alkanes of at least 4 members (excludes halogenated alkanes) is 8. The summed E-state index contributed by atoms with van der Waals surface area (Å²) in [6.45, 7) is 12.0. The summed E-state index contributed by atoms with van der Waals surface area (Å²) in [5.41, 5.74) is 0. The van der Waals surface area contributed by atoms with Crippen LogP contribution in [0.1, 0.15) is 131 Å². The molecule has 0 rings (SSSR count). The van der Waals surface area contributed by atoms with Crippen LogP contribution < -0.4 is 0 Å². The van der Waals surface area contributed by atoms with Gasteiger partial charge in [0.05, 0.1) is 0 Å². The minimum absolute atomic E-state index is 0.934. The summed E-state index contributed by atoms with van der Waals surface area (Å²) < 4.78 is 0. The summed E-state index contributed by atoms with van der Waals surface area (Å²) in [4.78, 5) is 0. The Kier molecular flexibility index (Phi) is 16.8. The van der Waals surface area contributed by atoms with E-state index < -0.39 is 0 Å². The summed E-state index contributed by atoms with van der Waals surface area (Å²) in [5.74, 6) is 2.91. The molecule has 0 aliphatic rings. The van der Waals surface area contributed by atoms with Gasteiger partial charge in [0.2, 0.25) is 0 Å². The summed E-state index contributed by atoms with van der Waals surface area (Å²) in [7, 11) is 0. The first kappa shape index (κ1) is 23.0. The van der Waals surface area contributed by atoms with Crippen molar-refractivity contribution in [2.75, 3.05) is 0 Å². The van der Waals surface area contributed by atoms with Crippen molar-refractivity contribution in [1.29, 1.82) is 0 Å². The maximum atomic E-state index is 2.52. The second kappa shape index (κ2) is 16.8. The zero-order valence-electron chi connectivity index (χ0n) is 17.3. The first-order chi connectivity index (χ1) is 11.2. The Labute approximate surface area is 149 Å². The highest BCUT2D eigenvalue weighted by Crippen LogP contribution is 2.34. The second-order valence-electron chi connectivity index (χ2n) is 8.00. The minimum atomic E-state index is 0.934. The van der Waals surface area contributed by atoms with Gasteiger partial charge in [0.15, 0.2) is 0 Å². The van der Waals surface area contributed by atoms with Crippen LogP contribution in [0.5, 0.6) is 0 Å². The summed E-state index contributed by atoms with van der Waals surface area (Å²) in [6, 6.07) is 0. The van der Waals surface area contributed by atoms with Crippen LogP contribution in [0, 0.1) is 17.8 Å². The van der Waals surface area contributed by atoms with Gasteiger partial charge >= 0.3 is 0 Å². The van der Waals surface area contributed by atoms with E-state index in [0.717, 1.165) is 17.8 Å². The second-order valence-corrected chi connectivity index (χ2v) is 8.00. The molecule has 0 fully saturated rings. The Morgan fingerprint density at radius 3 is 1.52 bits per heavy atom. The van der Waals surface area contributed by atoms with Crippen molar-refractivity contribution < 1.29 is 0 Å². The number of rotatable bonds is 17. The third-order valence-electron chi connectivity index (χ3n) is 5.91. The maximum absolute atomic E-state index is 2.52. The molecule has 0 nitrogen and oxygen atoms in total. The summed E-state index contributed by atoms with van der Waals surface area (Å²) in [5, 5.41) is 0. The normalized spacial score (nSPS) is 15.5. The molecule has 0 saturated carbocycles. The molecule has 0 aromatic rings. The van der Waals surface area contributed by atoms with Gasteiger partial charge in [-0.05, 0) is 17.8 Å². The van der Waals surface area contributed by atoms with Crippen LogP contribution in [0.25, 0.3) is 0 Å². The molecular weight excluding hydrogens is 276 g/mol. The van der Waals surface area contributed by atoms with Gasteiger partial charge in [0.1, 0.15) is 0 Å². The SMILES string of the molecule is CCCCCCCCCCCC(CC)C(CCC)C(C)CCC. The lowest BCUT2D eigenvalue weighted by molar-refractivity contribution is 0.191. The predicted molar refractivity (Wildman–Crippen MR) is 108 cm³/mol. The molecule has 0 aliphatic carbocycles. The molecule has 3 atom stereocenters. The van der Waals surface area contributed by atoms with Crippen molar-refractivity contribution in [3.8, 4) is 0 Å². The molecular formula is C23H48. The van der Waals surface area contributed by atoms with Crippen LogP contribution in [-0.2, 0) is 0 Å². The first-order valence-corrected chi connectivity index (χ1v) is 11.2. The quantitative estimate of drug-likeness (QED) is 0.234. The van der Waals surface area contributed by atoms with E-state index in [2.05, 4.69) is 34.6 Å². The van der Waals surface area contributed by atoms with Gasteiger partial charge in [-0.1, -0.05) is 131 Å². The average molecular weight is 325 g/mol. The first-order valence-electron chi connectivity index (χ1n) is 11.2. The lowest BCUT2D eigenvalue weighted by Crippen LogP contribution is -2.21. The predicted octanol–water partition coefficient (Wildman–Crippen LogP) is 8.79. The fraction of sp³-hybridized carbons (Fsp3) is 1.00. The third-order valence-corrected chi connectivity index (χ3v) is 5.91. The Bertz CT molecular complexity index is 220.